The van der Waals surface area contributed by atoms with Crippen LogP contribution in [0.15, 0.2) is 18.2 Å². The van der Waals surface area contributed by atoms with Gasteiger partial charge >= 0.3 is 0 Å². The minimum absolute atomic E-state index is 0.234. The number of benzene rings is 1. The smallest absolute Gasteiger partial charge is 0.201 e. The van der Waals surface area contributed by atoms with Crippen molar-refractivity contribution in [2.75, 3.05) is 16.8 Å². The largest absolute Gasteiger partial charge is 0.353 e. The molecule has 0 bridgehead atoms. The highest BCUT2D eigenvalue weighted by molar-refractivity contribution is 7.99. The molecule has 2 aromatic rings. The van der Waals surface area contributed by atoms with Crippen molar-refractivity contribution in [2.24, 2.45) is 0 Å². The van der Waals surface area contributed by atoms with E-state index in [1.54, 1.807) is 6.07 Å². The highest BCUT2D eigenvalue weighted by Gasteiger charge is 2.14. The fraction of sp³-hybridized carbons (Fsp3) is 0.417. The summed E-state index contributed by atoms with van der Waals surface area (Å²) < 4.78 is 13.0. The van der Waals surface area contributed by atoms with E-state index in [4.69, 9.17) is 0 Å². The molecular formula is C12H14FN3S. The van der Waals surface area contributed by atoms with Crippen molar-refractivity contribution in [3.05, 3.63) is 24.0 Å². The first kappa shape index (κ1) is 10.9. The number of hydrogen-bond acceptors (Lipinski definition) is 3. The summed E-state index contributed by atoms with van der Waals surface area (Å²) >= 11 is 2.00. The van der Waals surface area contributed by atoms with E-state index in [0.29, 0.717) is 6.04 Å². The van der Waals surface area contributed by atoms with Crippen LogP contribution in [0.25, 0.3) is 11.0 Å². The molecule has 3 rings (SSSR count). The van der Waals surface area contributed by atoms with Crippen LogP contribution in [0.3, 0.4) is 0 Å². The van der Waals surface area contributed by atoms with Gasteiger partial charge in [0.1, 0.15) is 5.82 Å². The Morgan fingerprint density at radius 3 is 3.00 bits per heavy atom. The fourth-order valence-electron chi connectivity index (χ4n) is 2.09. The molecule has 2 N–H and O–H groups in total. The second kappa shape index (κ2) is 4.56. The zero-order valence-electron chi connectivity index (χ0n) is 9.37. The summed E-state index contributed by atoms with van der Waals surface area (Å²) in [5.74, 6) is 2.92. The second-order valence-corrected chi connectivity index (χ2v) is 5.50. The monoisotopic (exact) mass is 251 g/mol. The number of aromatic amines is 1. The third-order valence-corrected chi connectivity index (χ3v) is 4.05. The molecule has 17 heavy (non-hydrogen) atoms. The number of rotatable bonds is 2. The van der Waals surface area contributed by atoms with Crippen molar-refractivity contribution in [3.8, 4) is 0 Å². The predicted octanol–water partition coefficient (Wildman–Crippen LogP) is 3.01. The van der Waals surface area contributed by atoms with Gasteiger partial charge in [-0.05, 0) is 42.5 Å². The van der Waals surface area contributed by atoms with Crippen molar-refractivity contribution < 1.29 is 4.39 Å². The number of fused-ring (bicyclic) bond motifs is 1. The molecule has 5 heteroatoms. The van der Waals surface area contributed by atoms with E-state index in [-0.39, 0.29) is 5.82 Å². The standard InChI is InChI=1S/C12H14FN3S/c13-8-1-2-10-11(7-8)16-12(15-10)14-9-3-5-17-6-4-9/h1-2,7,9H,3-6H2,(H2,14,15,16). The number of anilines is 1. The van der Waals surface area contributed by atoms with Crippen LogP contribution in [0.1, 0.15) is 12.8 Å². The van der Waals surface area contributed by atoms with Crippen LogP contribution in [0.5, 0.6) is 0 Å². The maximum absolute atomic E-state index is 13.0. The van der Waals surface area contributed by atoms with E-state index in [2.05, 4.69) is 15.3 Å². The van der Waals surface area contributed by atoms with Crippen molar-refractivity contribution in [1.29, 1.82) is 0 Å². The molecule has 0 spiro atoms. The molecule has 1 saturated heterocycles. The molecule has 1 aromatic carbocycles. The lowest BCUT2D eigenvalue weighted by Crippen LogP contribution is -2.24. The van der Waals surface area contributed by atoms with Crippen molar-refractivity contribution in [2.45, 2.75) is 18.9 Å². The van der Waals surface area contributed by atoms with Gasteiger partial charge in [-0.1, -0.05) is 0 Å². The first-order valence-corrected chi connectivity index (χ1v) is 6.96. The van der Waals surface area contributed by atoms with Crippen LogP contribution in [-0.2, 0) is 0 Å². The van der Waals surface area contributed by atoms with Crippen LogP contribution >= 0.6 is 11.8 Å². The van der Waals surface area contributed by atoms with E-state index >= 15 is 0 Å². The van der Waals surface area contributed by atoms with Gasteiger partial charge in [-0.25, -0.2) is 9.37 Å². The molecule has 2 heterocycles. The zero-order valence-corrected chi connectivity index (χ0v) is 10.2. The third kappa shape index (κ3) is 2.39. The number of halogens is 1. The molecule has 1 aliphatic heterocycles. The summed E-state index contributed by atoms with van der Waals surface area (Å²) in [5.41, 5.74) is 1.55. The Hall–Kier alpha value is -1.23. The molecule has 0 amide bonds. The van der Waals surface area contributed by atoms with E-state index in [1.807, 2.05) is 11.8 Å². The third-order valence-electron chi connectivity index (χ3n) is 3.01. The molecule has 0 radical (unpaired) electrons. The van der Waals surface area contributed by atoms with Gasteiger partial charge in [-0.2, -0.15) is 11.8 Å². The van der Waals surface area contributed by atoms with Gasteiger partial charge < -0.3 is 10.3 Å². The van der Waals surface area contributed by atoms with Gasteiger partial charge in [0.25, 0.3) is 0 Å². The van der Waals surface area contributed by atoms with Crippen LogP contribution in [0.4, 0.5) is 10.3 Å². The number of aromatic nitrogens is 2. The number of nitrogens with one attached hydrogen (secondary N) is 2. The fourth-order valence-corrected chi connectivity index (χ4v) is 3.19. The Kier molecular flexibility index (Phi) is 2.93. The van der Waals surface area contributed by atoms with Gasteiger partial charge in [-0.15, -0.1) is 0 Å². The first-order valence-electron chi connectivity index (χ1n) is 5.81. The SMILES string of the molecule is Fc1ccc2nc(NC3CCSCC3)[nH]c2c1. The Bertz CT molecular complexity index is 519. The molecule has 1 aromatic heterocycles. The van der Waals surface area contributed by atoms with E-state index in [0.717, 1.165) is 29.8 Å². The normalized spacial score (nSPS) is 17.5. The molecule has 3 nitrogen and oxygen atoms in total. The maximum atomic E-state index is 13.0. The van der Waals surface area contributed by atoms with E-state index in [1.165, 1.54) is 23.6 Å². The highest BCUT2D eigenvalue weighted by Crippen LogP contribution is 2.21. The topological polar surface area (TPSA) is 40.7 Å². The van der Waals surface area contributed by atoms with Gasteiger partial charge in [0.15, 0.2) is 0 Å². The van der Waals surface area contributed by atoms with Crippen LogP contribution in [0, 0.1) is 5.82 Å². The highest BCUT2D eigenvalue weighted by atomic mass is 32.2. The lowest BCUT2D eigenvalue weighted by atomic mass is 10.2. The summed E-state index contributed by atoms with van der Waals surface area (Å²) in [7, 11) is 0. The number of thioether (sulfide) groups is 1. The number of hydrogen-bond donors (Lipinski definition) is 2. The van der Waals surface area contributed by atoms with Crippen molar-refractivity contribution in [3.63, 3.8) is 0 Å². The molecule has 0 saturated carbocycles. The van der Waals surface area contributed by atoms with Gasteiger partial charge in [0.2, 0.25) is 5.95 Å². The van der Waals surface area contributed by atoms with Crippen LogP contribution in [-0.4, -0.2) is 27.5 Å². The number of H-pyrrole nitrogens is 1. The average molecular weight is 251 g/mol. The predicted molar refractivity (Wildman–Crippen MR) is 70.0 cm³/mol. The number of imidazole rings is 1. The molecule has 0 atom stereocenters. The quantitative estimate of drug-likeness (QED) is 0.862. The summed E-state index contributed by atoms with van der Waals surface area (Å²) in [6.07, 6.45) is 2.33. The summed E-state index contributed by atoms with van der Waals surface area (Å²) in [5, 5.41) is 3.39. The van der Waals surface area contributed by atoms with Crippen LogP contribution < -0.4 is 5.32 Å². The maximum Gasteiger partial charge on any atom is 0.201 e. The molecule has 1 fully saturated rings. The zero-order chi connectivity index (χ0) is 11.7. The Labute approximate surface area is 103 Å². The molecule has 1 aliphatic rings. The van der Waals surface area contributed by atoms with E-state index < -0.39 is 0 Å². The van der Waals surface area contributed by atoms with Crippen LogP contribution in [0.2, 0.25) is 0 Å². The molecule has 0 unspecified atom stereocenters. The first-order chi connectivity index (χ1) is 8.31. The minimum atomic E-state index is -0.234. The second-order valence-electron chi connectivity index (χ2n) is 4.28. The van der Waals surface area contributed by atoms with Crippen molar-refractivity contribution >= 4 is 28.7 Å². The van der Waals surface area contributed by atoms with Gasteiger partial charge in [-0.3, -0.25) is 0 Å². The molecular weight excluding hydrogens is 237 g/mol. The minimum Gasteiger partial charge on any atom is -0.353 e. The Morgan fingerprint density at radius 2 is 2.18 bits per heavy atom. The Morgan fingerprint density at radius 1 is 1.35 bits per heavy atom. The van der Waals surface area contributed by atoms with Crippen molar-refractivity contribution in [1.82, 2.24) is 9.97 Å². The number of nitrogens with zero attached hydrogens (tertiary/aromatic N) is 1. The van der Waals surface area contributed by atoms with Gasteiger partial charge in [0, 0.05) is 6.04 Å². The van der Waals surface area contributed by atoms with Gasteiger partial charge in [0.05, 0.1) is 11.0 Å². The summed E-state index contributed by atoms with van der Waals surface area (Å²) in [6.45, 7) is 0. The van der Waals surface area contributed by atoms with E-state index in [9.17, 15) is 4.39 Å². The lowest BCUT2D eigenvalue weighted by molar-refractivity contribution is 0.629. The lowest BCUT2D eigenvalue weighted by Gasteiger charge is -2.21. The average Bonchev–Trinajstić information content (AvgIpc) is 2.71. The summed E-state index contributed by atoms with van der Waals surface area (Å²) in [4.78, 5) is 7.52. The summed E-state index contributed by atoms with van der Waals surface area (Å²) in [6, 6.07) is 5.10. The Balaban J connectivity index is 1.80. The molecule has 0 aliphatic carbocycles. The molecule has 90 valence electrons.